The maximum atomic E-state index is 5.70. The van der Waals surface area contributed by atoms with E-state index in [1.54, 1.807) is 0 Å². The Kier molecular flexibility index (Phi) is 10.1. The normalized spacial score (nSPS) is 17.9. The maximum Gasteiger partial charge on any atom is 0.188 e. The monoisotopic (exact) mass is 340 g/mol. The van der Waals surface area contributed by atoms with Crippen LogP contribution in [0.4, 0.5) is 0 Å². The number of piperidine rings is 1. The molecule has 3 N–H and O–H groups in total. The lowest BCUT2D eigenvalue weighted by molar-refractivity contribution is 0.232. The number of rotatable bonds is 5. The van der Waals surface area contributed by atoms with Crippen LogP contribution >= 0.6 is 24.0 Å². The summed E-state index contributed by atoms with van der Waals surface area (Å²) in [5.74, 6) is 0.592. The third-order valence-electron chi connectivity index (χ3n) is 2.69. The zero-order valence-corrected chi connectivity index (χ0v) is 12.6. The van der Waals surface area contributed by atoms with Crippen molar-refractivity contribution in [2.24, 2.45) is 10.7 Å². The van der Waals surface area contributed by atoms with E-state index in [1.165, 1.54) is 32.4 Å². The molecular weight excluding hydrogens is 315 g/mol. The van der Waals surface area contributed by atoms with E-state index in [9.17, 15) is 0 Å². The first-order valence-electron chi connectivity index (χ1n) is 6.09. The Balaban J connectivity index is 0.00000225. The highest BCUT2D eigenvalue weighted by atomic mass is 127. The molecule has 0 aromatic carbocycles. The number of guanidine groups is 1. The van der Waals surface area contributed by atoms with E-state index in [4.69, 9.17) is 5.73 Å². The van der Waals surface area contributed by atoms with Crippen molar-refractivity contribution in [1.82, 2.24) is 10.2 Å². The van der Waals surface area contributed by atoms with E-state index in [2.05, 4.69) is 22.1 Å². The molecule has 4 nitrogen and oxygen atoms in total. The molecule has 1 saturated heterocycles. The van der Waals surface area contributed by atoms with Gasteiger partial charge < -0.3 is 16.0 Å². The molecule has 1 fully saturated rings. The summed E-state index contributed by atoms with van der Waals surface area (Å²) in [4.78, 5) is 6.68. The van der Waals surface area contributed by atoms with E-state index < -0.39 is 0 Å². The van der Waals surface area contributed by atoms with Gasteiger partial charge in [-0.25, -0.2) is 0 Å². The van der Waals surface area contributed by atoms with Gasteiger partial charge in [-0.2, -0.15) is 0 Å². The van der Waals surface area contributed by atoms with Crippen molar-refractivity contribution in [3.05, 3.63) is 0 Å². The van der Waals surface area contributed by atoms with Crippen LogP contribution in [0, 0.1) is 0 Å². The van der Waals surface area contributed by atoms with E-state index >= 15 is 0 Å². The van der Waals surface area contributed by atoms with Gasteiger partial charge in [0, 0.05) is 19.6 Å². The van der Waals surface area contributed by atoms with Crippen LogP contribution in [-0.2, 0) is 0 Å². The summed E-state index contributed by atoms with van der Waals surface area (Å²) >= 11 is 0. The molecule has 0 saturated carbocycles. The van der Waals surface area contributed by atoms with Crippen molar-refractivity contribution in [3.63, 3.8) is 0 Å². The summed E-state index contributed by atoms with van der Waals surface area (Å²) in [5, 5.41) is 3.15. The summed E-state index contributed by atoms with van der Waals surface area (Å²) in [7, 11) is 0. The number of halogens is 1. The molecule has 0 radical (unpaired) electrons. The molecule has 1 heterocycles. The molecule has 1 aliphatic heterocycles. The van der Waals surface area contributed by atoms with Gasteiger partial charge in [-0.1, -0.05) is 13.3 Å². The van der Waals surface area contributed by atoms with Crippen LogP contribution in [0.3, 0.4) is 0 Å². The molecule has 0 amide bonds. The minimum Gasteiger partial charge on any atom is -0.370 e. The first-order valence-corrected chi connectivity index (χ1v) is 6.09. The smallest absolute Gasteiger partial charge is 0.188 e. The van der Waals surface area contributed by atoms with Crippen LogP contribution in [0.1, 0.15) is 32.6 Å². The highest BCUT2D eigenvalue weighted by Gasteiger charge is 2.08. The first-order chi connectivity index (χ1) is 7.33. The third kappa shape index (κ3) is 7.27. The molecule has 96 valence electrons. The van der Waals surface area contributed by atoms with Gasteiger partial charge >= 0.3 is 0 Å². The maximum absolute atomic E-state index is 5.70. The molecule has 0 spiro atoms. The molecule has 1 aliphatic rings. The number of aliphatic imine (C=N–C) groups is 1. The van der Waals surface area contributed by atoms with Gasteiger partial charge in [-0.3, -0.25) is 4.99 Å². The number of likely N-dealkylation sites (tertiary alicyclic amines) is 1. The van der Waals surface area contributed by atoms with Crippen LogP contribution in [0.25, 0.3) is 0 Å². The number of hydrogen-bond donors (Lipinski definition) is 2. The van der Waals surface area contributed by atoms with Gasteiger partial charge in [-0.05, 0) is 32.4 Å². The number of hydrogen-bond acceptors (Lipinski definition) is 2. The molecule has 0 bridgehead atoms. The Bertz CT molecular complexity index is 190. The Morgan fingerprint density at radius 1 is 1.31 bits per heavy atom. The van der Waals surface area contributed by atoms with Crippen molar-refractivity contribution < 1.29 is 0 Å². The second-order valence-corrected chi connectivity index (χ2v) is 4.10. The quantitative estimate of drug-likeness (QED) is 0.452. The second-order valence-electron chi connectivity index (χ2n) is 4.10. The third-order valence-corrected chi connectivity index (χ3v) is 2.69. The van der Waals surface area contributed by atoms with Crippen LogP contribution in [0.2, 0.25) is 0 Å². The van der Waals surface area contributed by atoms with Gasteiger partial charge in [0.1, 0.15) is 0 Å². The Labute approximate surface area is 116 Å². The van der Waals surface area contributed by atoms with Gasteiger partial charge in [0.05, 0.1) is 0 Å². The zero-order chi connectivity index (χ0) is 10.9. The lowest BCUT2D eigenvalue weighted by Crippen LogP contribution is -2.40. The van der Waals surface area contributed by atoms with Crippen molar-refractivity contribution in [3.8, 4) is 0 Å². The summed E-state index contributed by atoms with van der Waals surface area (Å²) in [6.07, 6.45) is 5.14. The first kappa shape index (κ1) is 16.0. The predicted molar refractivity (Wildman–Crippen MR) is 80.5 cm³/mol. The van der Waals surface area contributed by atoms with Crippen molar-refractivity contribution in [2.45, 2.75) is 32.6 Å². The highest BCUT2D eigenvalue weighted by Crippen LogP contribution is 2.06. The Morgan fingerprint density at radius 2 is 2.00 bits per heavy atom. The summed E-state index contributed by atoms with van der Waals surface area (Å²) in [6.45, 7) is 7.41. The number of nitrogens with one attached hydrogen (secondary N) is 1. The molecule has 0 aromatic rings. The topological polar surface area (TPSA) is 53.6 Å². The molecule has 1 rings (SSSR count). The van der Waals surface area contributed by atoms with Crippen molar-refractivity contribution >= 4 is 29.9 Å². The summed E-state index contributed by atoms with van der Waals surface area (Å²) in [6, 6.07) is 0. The Hall–Kier alpha value is -0.0400. The average Bonchev–Trinajstić information content (AvgIpc) is 2.28. The van der Waals surface area contributed by atoms with Crippen LogP contribution in [0.15, 0.2) is 4.99 Å². The summed E-state index contributed by atoms with van der Waals surface area (Å²) in [5.41, 5.74) is 5.70. The molecule has 0 aromatic heterocycles. The minimum absolute atomic E-state index is 0. The van der Waals surface area contributed by atoms with Crippen molar-refractivity contribution in [2.75, 3.05) is 32.7 Å². The second kappa shape index (κ2) is 10.1. The van der Waals surface area contributed by atoms with Crippen LogP contribution in [-0.4, -0.2) is 43.6 Å². The fourth-order valence-corrected chi connectivity index (χ4v) is 1.81. The zero-order valence-electron chi connectivity index (χ0n) is 10.2. The lowest BCUT2D eigenvalue weighted by atomic mass is 10.1. The summed E-state index contributed by atoms with van der Waals surface area (Å²) < 4.78 is 0. The largest absolute Gasteiger partial charge is 0.370 e. The standard InChI is InChI=1S/C11H24N4.HI/c1-2-6-13-11(12)14-7-10-15-8-4-3-5-9-15;/h2-10H2,1H3,(H3,12,13,14);1H. The van der Waals surface area contributed by atoms with E-state index in [0.717, 1.165) is 26.1 Å². The minimum atomic E-state index is 0. The molecule has 0 unspecified atom stereocenters. The van der Waals surface area contributed by atoms with Gasteiger partial charge in [0.15, 0.2) is 5.96 Å². The molecule has 5 heteroatoms. The predicted octanol–water partition coefficient (Wildman–Crippen LogP) is 1.40. The Morgan fingerprint density at radius 3 is 2.62 bits per heavy atom. The fourth-order valence-electron chi connectivity index (χ4n) is 1.81. The number of nitrogens with zero attached hydrogens (tertiary/aromatic N) is 2. The van der Waals surface area contributed by atoms with Crippen LogP contribution < -0.4 is 11.1 Å². The molecule has 0 aliphatic carbocycles. The fraction of sp³-hybridized carbons (Fsp3) is 0.909. The SMILES string of the molecule is CCCN=C(N)NCCN1CCCCC1.I. The van der Waals surface area contributed by atoms with E-state index in [1.807, 2.05) is 0 Å². The average molecular weight is 340 g/mol. The molecular formula is C11H25IN4. The van der Waals surface area contributed by atoms with Gasteiger partial charge in [0.25, 0.3) is 0 Å². The number of nitrogens with two attached hydrogens (primary N) is 1. The molecule has 0 atom stereocenters. The lowest BCUT2D eigenvalue weighted by Gasteiger charge is -2.26. The molecule has 16 heavy (non-hydrogen) atoms. The van der Waals surface area contributed by atoms with Gasteiger partial charge in [0.2, 0.25) is 0 Å². The van der Waals surface area contributed by atoms with Crippen LogP contribution in [0.5, 0.6) is 0 Å². The highest BCUT2D eigenvalue weighted by molar-refractivity contribution is 14.0. The van der Waals surface area contributed by atoms with Gasteiger partial charge in [-0.15, -0.1) is 24.0 Å². The van der Waals surface area contributed by atoms with E-state index in [-0.39, 0.29) is 24.0 Å². The van der Waals surface area contributed by atoms with E-state index in [0.29, 0.717) is 5.96 Å². The van der Waals surface area contributed by atoms with Crippen molar-refractivity contribution in [1.29, 1.82) is 0 Å².